The molecular formula is C33H32N2O5S. The molecule has 1 unspecified atom stereocenters. The maximum Gasteiger partial charge on any atom is 0.338 e. The highest BCUT2D eigenvalue weighted by atomic mass is 32.1. The molecule has 0 bridgehead atoms. The Kier molecular flexibility index (Phi) is 8.21. The third-order valence-electron chi connectivity index (χ3n) is 7.09. The molecule has 1 aromatic heterocycles. The third kappa shape index (κ3) is 5.60. The van der Waals surface area contributed by atoms with Crippen LogP contribution in [0.2, 0.25) is 0 Å². The van der Waals surface area contributed by atoms with Crippen LogP contribution in [0, 0.1) is 0 Å². The van der Waals surface area contributed by atoms with Crippen LogP contribution in [-0.2, 0) is 16.1 Å². The van der Waals surface area contributed by atoms with Crippen molar-refractivity contribution in [3.05, 3.63) is 126 Å². The normalized spacial score (nSPS) is 15.0. The number of esters is 1. The molecule has 1 aliphatic heterocycles. The van der Waals surface area contributed by atoms with Crippen LogP contribution in [0.25, 0.3) is 6.08 Å². The Balaban J connectivity index is 1.64. The lowest BCUT2D eigenvalue weighted by atomic mass is 9.93. The fraction of sp³-hybridized carbons (Fsp3) is 0.242. The van der Waals surface area contributed by atoms with Crippen LogP contribution in [0.15, 0.2) is 93.9 Å². The fourth-order valence-corrected chi connectivity index (χ4v) is 5.94. The average molecular weight is 569 g/mol. The summed E-state index contributed by atoms with van der Waals surface area (Å²) in [6.07, 6.45) is 1.79. The van der Waals surface area contributed by atoms with E-state index in [9.17, 15) is 9.59 Å². The molecule has 0 saturated heterocycles. The van der Waals surface area contributed by atoms with Gasteiger partial charge in [0, 0.05) is 5.56 Å². The van der Waals surface area contributed by atoms with Crippen molar-refractivity contribution in [1.29, 1.82) is 0 Å². The van der Waals surface area contributed by atoms with E-state index in [0.717, 1.165) is 11.1 Å². The van der Waals surface area contributed by atoms with Gasteiger partial charge in [0.25, 0.3) is 5.56 Å². The van der Waals surface area contributed by atoms with Crippen LogP contribution in [0.1, 0.15) is 55.0 Å². The van der Waals surface area contributed by atoms with E-state index in [1.807, 2.05) is 72.8 Å². The molecular weight excluding hydrogens is 536 g/mol. The van der Waals surface area contributed by atoms with Crippen molar-refractivity contribution in [3.8, 4) is 11.5 Å². The number of nitrogens with zero attached hydrogens (tertiary/aromatic N) is 2. The summed E-state index contributed by atoms with van der Waals surface area (Å²) in [5.41, 5.74) is 4.31. The summed E-state index contributed by atoms with van der Waals surface area (Å²) in [6, 6.07) is 22.8. The van der Waals surface area contributed by atoms with Crippen LogP contribution in [-0.4, -0.2) is 24.8 Å². The summed E-state index contributed by atoms with van der Waals surface area (Å²) in [5.74, 6) is 0.943. The number of thiazole rings is 1. The smallest absolute Gasteiger partial charge is 0.338 e. The van der Waals surface area contributed by atoms with Crippen LogP contribution in [0.5, 0.6) is 11.5 Å². The standard InChI is InChI=1S/C33H32N2O5S/c1-20(2)23-14-16-24(17-15-23)29-28(32(37)39-5)21(3)34-33-35(29)31(36)27(41-33)18-25-12-9-13-26(38-4)30(25)40-19-22-10-7-6-8-11-22/h6-18,20,29H,19H2,1-5H3. The summed E-state index contributed by atoms with van der Waals surface area (Å²) >= 11 is 1.27. The third-order valence-corrected chi connectivity index (χ3v) is 8.07. The molecule has 1 aliphatic rings. The van der Waals surface area contributed by atoms with E-state index < -0.39 is 12.0 Å². The highest BCUT2D eigenvalue weighted by Gasteiger charge is 2.33. The van der Waals surface area contributed by atoms with Crippen molar-refractivity contribution in [3.63, 3.8) is 0 Å². The second kappa shape index (κ2) is 12.0. The molecule has 0 fully saturated rings. The summed E-state index contributed by atoms with van der Waals surface area (Å²) in [4.78, 5) is 32.2. The molecule has 0 radical (unpaired) electrons. The number of rotatable bonds is 8. The lowest BCUT2D eigenvalue weighted by Crippen LogP contribution is -2.39. The Morgan fingerprint density at radius 1 is 1.02 bits per heavy atom. The van der Waals surface area contributed by atoms with Crippen LogP contribution >= 0.6 is 11.3 Å². The zero-order valence-electron chi connectivity index (χ0n) is 23.7. The van der Waals surface area contributed by atoms with Crippen LogP contribution in [0.3, 0.4) is 0 Å². The number of methoxy groups -OCH3 is 2. The molecule has 5 rings (SSSR count). The van der Waals surface area contributed by atoms with Gasteiger partial charge in [-0.25, -0.2) is 9.79 Å². The van der Waals surface area contributed by atoms with Crippen molar-refractivity contribution in [2.24, 2.45) is 4.99 Å². The SMILES string of the molecule is COC(=O)C1=C(C)N=c2sc(=Cc3cccc(OC)c3OCc3ccccc3)c(=O)n2C1c1ccc(C(C)C)cc1. The van der Waals surface area contributed by atoms with E-state index in [0.29, 0.717) is 50.2 Å². The minimum absolute atomic E-state index is 0.252. The van der Waals surface area contributed by atoms with Crippen molar-refractivity contribution < 1.29 is 19.0 Å². The first-order valence-corrected chi connectivity index (χ1v) is 14.2. The molecule has 2 heterocycles. The molecule has 0 spiro atoms. The number of benzene rings is 3. The molecule has 0 saturated carbocycles. The number of hydrogen-bond donors (Lipinski definition) is 0. The Morgan fingerprint density at radius 3 is 2.41 bits per heavy atom. The van der Waals surface area contributed by atoms with E-state index in [1.54, 1.807) is 24.7 Å². The second-order valence-electron chi connectivity index (χ2n) is 10.0. The molecule has 4 aromatic rings. The van der Waals surface area contributed by atoms with Gasteiger partial charge in [0.05, 0.1) is 36.1 Å². The number of allylic oxidation sites excluding steroid dienone is 1. The largest absolute Gasteiger partial charge is 0.493 e. The van der Waals surface area contributed by atoms with E-state index in [4.69, 9.17) is 14.2 Å². The second-order valence-corrected chi connectivity index (χ2v) is 11.1. The minimum atomic E-state index is -0.666. The van der Waals surface area contributed by atoms with Gasteiger partial charge in [-0.15, -0.1) is 0 Å². The molecule has 1 atom stereocenters. The first-order chi connectivity index (χ1) is 19.8. The predicted octanol–water partition coefficient (Wildman–Crippen LogP) is 5.12. The first-order valence-electron chi connectivity index (χ1n) is 13.4. The number of hydrogen-bond acceptors (Lipinski definition) is 7. The first kappa shape index (κ1) is 28.1. The minimum Gasteiger partial charge on any atom is -0.493 e. The Hall–Kier alpha value is -4.43. The number of carbonyl (C=O) groups excluding carboxylic acids is 1. The van der Waals surface area contributed by atoms with Crippen LogP contribution in [0.4, 0.5) is 0 Å². The molecule has 3 aromatic carbocycles. The molecule has 0 amide bonds. The van der Waals surface area contributed by atoms with Gasteiger partial charge in [-0.2, -0.15) is 0 Å². The van der Waals surface area contributed by atoms with Crippen molar-refractivity contribution in [2.75, 3.05) is 14.2 Å². The zero-order chi connectivity index (χ0) is 29.1. The Morgan fingerprint density at radius 2 is 1.76 bits per heavy atom. The van der Waals surface area contributed by atoms with Gasteiger partial charge < -0.3 is 14.2 Å². The monoisotopic (exact) mass is 568 g/mol. The maximum atomic E-state index is 14.0. The van der Waals surface area contributed by atoms with Gasteiger partial charge in [-0.1, -0.05) is 91.9 Å². The highest BCUT2D eigenvalue weighted by Crippen LogP contribution is 2.33. The van der Waals surface area contributed by atoms with Gasteiger partial charge >= 0.3 is 5.97 Å². The number of para-hydroxylation sites is 1. The number of carbonyl (C=O) groups is 1. The van der Waals surface area contributed by atoms with Crippen molar-refractivity contribution >= 4 is 23.4 Å². The molecule has 7 nitrogen and oxygen atoms in total. The van der Waals surface area contributed by atoms with Gasteiger partial charge in [0.1, 0.15) is 6.61 Å². The maximum absolute atomic E-state index is 14.0. The van der Waals surface area contributed by atoms with E-state index in [1.165, 1.54) is 24.0 Å². The van der Waals surface area contributed by atoms with Crippen molar-refractivity contribution in [1.82, 2.24) is 4.57 Å². The number of fused-ring (bicyclic) bond motifs is 1. The number of ether oxygens (including phenoxy) is 3. The zero-order valence-corrected chi connectivity index (χ0v) is 24.5. The van der Waals surface area contributed by atoms with Gasteiger partial charge in [0.2, 0.25) is 0 Å². The molecule has 210 valence electrons. The number of aromatic nitrogens is 1. The highest BCUT2D eigenvalue weighted by molar-refractivity contribution is 7.07. The van der Waals surface area contributed by atoms with Crippen LogP contribution < -0.4 is 24.4 Å². The fourth-order valence-electron chi connectivity index (χ4n) is 4.90. The van der Waals surface area contributed by atoms with Gasteiger partial charge in [0.15, 0.2) is 16.3 Å². The quantitative estimate of drug-likeness (QED) is 0.276. The lowest BCUT2D eigenvalue weighted by molar-refractivity contribution is -0.136. The summed E-state index contributed by atoms with van der Waals surface area (Å²) in [5, 5.41) is 0. The van der Waals surface area contributed by atoms with Gasteiger partial charge in [-0.3, -0.25) is 9.36 Å². The summed E-state index contributed by atoms with van der Waals surface area (Å²) in [6.45, 7) is 6.37. The Labute approximate surface area is 242 Å². The van der Waals surface area contributed by atoms with E-state index >= 15 is 0 Å². The molecule has 0 N–H and O–H groups in total. The summed E-state index contributed by atoms with van der Waals surface area (Å²) < 4.78 is 19.0. The Bertz CT molecular complexity index is 1780. The topological polar surface area (TPSA) is 79.1 Å². The predicted molar refractivity (Wildman–Crippen MR) is 160 cm³/mol. The summed E-state index contributed by atoms with van der Waals surface area (Å²) in [7, 11) is 2.93. The average Bonchev–Trinajstić information content (AvgIpc) is 3.29. The lowest BCUT2D eigenvalue weighted by Gasteiger charge is -2.24. The van der Waals surface area contributed by atoms with E-state index in [-0.39, 0.29) is 5.56 Å². The molecule has 41 heavy (non-hydrogen) atoms. The van der Waals surface area contributed by atoms with E-state index in [2.05, 4.69) is 18.8 Å². The molecule has 0 aliphatic carbocycles. The van der Waals surface area contributed by atoms with Crippen molar-refractivity contribution in [2.45, 2.75) is 39.3 Å². The molecule has 8 heteroatoms. The van der Waals surface area contributed by atoms with Gasteiger partial charge in [-0.05, 0) is 41.7 Å².